The summed E-state index contributed by atoms with van der Waals surface area (Å²) in [4.78, 5) is 11.9. The molecular weight excluding hydrogens is 188 g/mol. The van der Waals surface area contributed by atoms with Crippen molar-refractivity contribution in [2.45, 2.75) is 57.5 Å². The third-order valence-corrected chi connectivity index (χ3v) is 3.67. The first-order valence-corrected chi connectivity index (χ1v) is 6.29. The molecule has 2 fully saturated rings. The van der Waals surface area contributed by atoms with Gasteiger partial charge in [-0.2, -0.15) is 0 Å². The minimum atomic E-state index is 0.0784. The van der Waals surface area contributed by atoms with E-state index in [4.69, 9.17) is 0 Å². The van der Waals surface area contributed by atoms with Gasteiger partial charge in [0, 0.05) is 6.04 Å². The Labute approximate surface area is 92.0 Å². The number of amides is 1. The molecule has 1 aliphatic carbocycles. The Balaban J connectivity index is 1.76. The highest BCUT2D eigenvalue weighted by Gasteiger charge is 2.26. The Morgan fingerprint density at radius 3 is 2.73 bits per heavy atom. The number of rotatable bonds is 2. The van der Waals surface area contributed by atoms with E-state index in [-0.39, 0.29) is 11.9 Å². The molecule has 3 atom stereocenters. The van der Waals surface area contributed by atoms with Gasteiger partial charge in [0.2, 0.25) is 5.91 Å². The summed E-state index contributed by atoms with van der Waals surface area (Å²) in [6, 6.07) is 0.519. The van der Waals surface area contributed by atoms with Crippen LogP contribution in [0.2, 0.25) is 0 Å². The van der Waals surface area contributed by atoms with Gasteiger partial charge in [0.05, 0.1) is 6.04 Å². The monoisotopic (exact) mass is 210 g/mol. The van der Waals surface area contributed by atoms with Crippen molar-refractivity contribution in [3.05, 3.63) is 0 Å². The SMILES string of the molecule is CC1CCC(NC(=O)[C@H]2CCCCN2)C1. The van der Waals surface area contributed by atoms with Crippen LogP contribution in [0.4, 0.5) is 0 Å². The predicted octanol–water partition coefficient (Wildman–Crippen LogP) is 1.43. The summed E-state index contributed by atoms with van der Waals surface area (Å²) in [6.45, 7) is 3.27. The zero-order valence-electron chi connectivity index (χ0n) is 9.59. The molecule has 0 aromatic heterocycles. The Morgan fingerprint density at radius 1 is 1.27 bits per heavy atom. The van der Waals surface area contributed by atoms with E-state index in [2.05, 4.69) is 17.6 Å². The number of piperidine rings is 1. The van der Waals surface area contributed by atoms with Crippen LogP contribution in [-0.2, 0) is 4.79 Å². The van der Waals surface area contributed by atoms with Gasteiger partial charge in [0.15, 0.2) is 0 Å². The van der Waals surface area contributed by atoms with E-state index in [1.807, 2.05) is 0 Å². The topological polar surface area (TPSA) is 41.1 Å². The van der Waals surface area contributed by atoms with Crippen molar-refractivity contribution in [1.29, 1.82) is 0 Å². The number of nitrogens with one attached hydrogen (secondary N) is 2. The third-order valence-electron chi connectivity index (χ3n) is 3.67. The van der Waals surface area contributed by atoms with Gasteiger partial charge in [0.1, 0.15) is 0 Å². The van der Waals surface area contributed by atoms with E-state index in [0.29, 0.717) is 6.04 Å². The van der Waals surface area contributed by atoms with E-state index >= 15 is 0 Å². The molecule has 1 saturated carbocycles. The molecular formula is C12H22N2O. The maximum Gasteiger partial charge on any atom is 0.237 e. The second kappa shape index (κ2) is 4.97. The van der Waals surface area contributed by atoms with Crippen LogP contribution in [0.5, 0.6) is 0 Å². The lowest BCUT2D eigenvalue weighted by atomic mass is 10.0. The molecule has 3 heteroatoms. The van der Waals surface area contributed by atoms with Crippen LogP contribution < -0.4 is 10.6 Å². The van der Waals surface area contributed by atoms with Gasteiger partial charge in [-0.15, -0.1) is 0 Å². The van der Waals surface area contributed by atoms with Gasteiger partial charge in [-0.3, -0.25) is 4.79 Å². The predicted molar refractivity (Wildman–Crippen MR) is 60.6 cm³/mol. The molecule has 1 amide bonds. The van der Waals surface area contributed by atoms with Crippen molar-refractivity contribution in [3.8, 4) is 0 Å². The molecule has 15 heavy (non-hydrogen) atoms. The summed E-state index contributed by atoms with van der Waals surface area (Å²) >= 11 is 0. The average Bonchev–Trinajstić information content (AvgIpc) is 2.65. The Bertz CT molecular complexity index is 224. The Kier molecular flexibility index (Phi) is 3.62. The number of hydrogen-bond acceptors (Lipinski definition) is 2. The highest BCUT2D eigenvalue weighted by molar-refractivity contribution is 5.82. The first-order valence-electron chi connectivity index (χ1n) is 6.29. The van der Waals surface area contributed by atoms with Gasteiger partial charge >= 0.3 is 0 Å². The summed E-state index contributed by atoms with van der Waals surface area (Å²) in [6.07, 6.45) is 7.01. The van der Waals surface area contributed by atoms with E-state index in [9.17, 15) is 4.79 Å². The normalized spacial score (nSPS) is 36.5. The summed E-state index contributed by atoms with van der Waals surface area (Å²) < 4.78 is 0. The van der Waals surface area contributed by atoms with E-state index in [0.717, 1.165) is 18.9 Å². The molecule has 2 N–H and O–H groups in total. The molecule has 1 heterocycles. The van der Waals surface area contributed by atoms with E-state index < -0.39 is 0 Å². The molecule has 2 unspecified atom stereocenters. The summed E-state index contributed by atoms with van der Waals surface area (Å²) in [5.74, 6) is 1.02. The second-order valence-electron chi connectivity index (χ2n) is 5.13. The molecule has 2 rings (SSSR count). The summed E-state index contributed by atoms with van der Waals surface area (Å²) in [7, 11) is 0. The molecule has 2 aliphatic rings. The van der Waals surface area contributed by atoms with Gasteiger partial charge in [0.25, 0.3) is 0 Å². The van der Waals surface area contributed by atoms with Crippen LogP contribution in [0.1, 0.15) is 45.4 Å². The first-order chi connectivity index (χ1) is 7.25. The fourth-order valence-electron chi connectivity index (χ4n) is 2.72. The summed E-state index contributed by atoms with van der Waals surface area (Å²) in [5, 5.41) is 6.47. The van der Waals surface area contributed by atoms with Crippen molar-refractivity contribution in [2.75, 3.05) is 6.54 Å². The molecule has 86 valence electrons. The van der Waals surface area contributed by atoms with Gasteiger partial charge in [-0.05, 0) is 44.6 Å². The minimum Gasteiger partial charge on any atom is -0.352 e. The van der Waals surface area contributed by atoms with Crippen LogP contribution in [0.3, 0.4) is 0 Å². The standard InChI is InChI=1S/C12H22N2O/c1-9-5-6-10(8-9)14-12(15)11-4-2-3-7-13-11/h9-11,13H,2-8H2,1H3,(H,14,15)/t9?,10?,11-/m1/s1. The van der Waals surface area contributed by atoms with Gasteiger partial charge < -0.3 is 10.6 Å². The largest absolute Gasteiger partial charge is 0.352 e. The van der Waals surface area contributed by atoms with Crippen LogP contribution in [0.25, 0.3) is 0 Å². The maximum absolute atomic E-state index is 11.9. The minimum absolute atomic E-state index is 0.0784. The van der Waals surface area contributed by atoms with Crippen LogP contribution in [-0.4, -0.2) is 24.5 Å². The fraction of sp³-hybridized carbons (Fsp3) is 0.917. The van der Waals surface area contributed by atoms with Crippen molar-refractivity contribution in [2.24, 2.45) is 5.92 Å². The second-order valence-corrected chi connectivity index (χ2v) is 5.13. The van der Waals surface area contributed by atoms with E-state index in [1.165, 1.54) is 32.1 Å². The quantitative estimate of drug-likeness (QED) is 0.724. The molecule has 0 aromatic carbocycles. The van der Waals surface area contributed by atoms with Crippen molar-refractivity contribution >= 4 is 5.91 Å². The van der Waals surface area contributed by atoms with E-state index in [1.54, 1.807) is 0 Å². The molecule has 0 spiro atoms. The van der Waals surface area contributed by atoms with Gasteiger partial charge in [-0.25, -0.2) is 0 Å². The lowest BCUT2D eigenvalue weighted by molar-refractivity contribution is -0.124. The number of carbonyl (C=O) groups is 1. The zero-order valence-corrected chi connectivity index (χ0v) is 9.59. The van der Waals surface area contributed by atoms with Crippen molar-refractivity contribution < 1.29 is 4.79 Å². The molecule has 0 radical (unpaired) electrons. The van der Waals surface area contributed by atoms with Crippen LogP contribution in [0, 0.1) is 5.92 Å². The van der Waals surface area contributed by atoms with Crippen LogP contribution in [0.15, 0.2) is 0 Å². The van der Waals surface area contributed by atoms with Crippen LogP contribution >= 0.6 is 0 Å². The number of hydrogen-bond donors (Lipinski definition) is 2. The van der Waals surface area contributed by atoms with Crippen molar-refractivity contribution in [1.82, 2.24) is 10.6 Å². The lowest BCUT2D eigenvalue weighted by Crippen LogP contribution is -2.49. The maximum atomic E-state index is 11.9. The lowest BCUT2D eigenvalue weighted by Gasteiger charge is -2.24. The Hall–Kier alpha value is -0.570. The Morgan fingerprint density at radius 2 is 2.13 bits per heavy atom. The molecule has 0 bridgehead atoms. The fourth-order valence-corrected chi connectivity index (χ4v) is 2.72. The summed E-state index contributed by atoms with van der Waals surface area (Å²) in [5.41, 5.74) is 0. The van der Waals surface area contributed by atoms with Crippen molar-refractivity contribution in [3.63, 3.8) is 0 Å². The first kappa shape index (κ1) is 10.9. The molecule has 3 nitrogen and oxygen atoms in total. The molecule has 1 saturated heterocycles. The third kappa shape index (κ3) is 2.94. The molecule has 0 aromatic rings. The van der Waals surface area contributed by atoms with Gasteiger partial charge in [-0.1, -0.05) is 13.3 Å². The smallest absolute Gasteiger partial charge is 0.237 e. The highest BCUT2D eigenvalue weighted by atomic mass is 16.2. The number of carbonyl (C=O) groups excluding carboxylic acids is 1. The average molecular weight is 210 g/mol. The highest BCUT2D eigenvalue weighted by Crippen LogP contribution is 2.24. The molecule has 1 aliphatic heterocycles. The zero-order chi connectivity index (χ0) is 10.7.